The number of carbonyl (C=O) groups excluding carboxylic acids is 2. The maximum Gasteiger partial charge on any atom is 0.338 e. The average molecular weight is 398 g/mol. The number of hydrogen-bond donors (Lipinski definition) is 6. The first-order valence-corrected chi connectivity index (χ1v) is 7.55. The summed E-state index contributed by atoms with van der Waals surface area (Å²) in [6.07, 6.45) is -11.0. The molecule has 0 bridgehead atoms. The monoisotopic (exact) mass is 398 g/mol. The Morgan fingerprint density at radius 1 is 0.704 bits per heavy atom. The van der Waals surface area contributed by atoms with E-state index in [4.69, 9.17) is 25.2 Å². The molecule has 0 aromatic rings. The van der Waals surface area contributed by atoms with Crippen molar-refractivity contribution in [3.63, 3.8) is 0 Å². The number of aliphatic hydroxyl groups excluding tert-OH is 4. The number of carboxylic acid groups (broad SMARTS) is 2. The summed E-state index contributed by atoms with van der Waals surface area (Å²) in [4.78, 5) is 43.7. The van der Waals surface area contributed by atoms with Gasteiger partial charge in [-0.25, -0.2) is 19.2 Å². The van der Waals surface area contributed by atoms with Gasteiger partial charge >= 0.3 is 23.9 Å². The molecule has 0 saturated heterocycles. The van der Waals surface area contributed by atoms with Crippen LogP contribution in [0.1, 0.15) is 13.8 Å². The lowest BCUT2D eigenvalue weighted by molar-refractivity contribution is -0.177. The zero-order chi connectivity index (χ0) is 21.3. The zero-order valence-corrected chi connectivity index (χ0v) is 14.4. The molecule has 13 nitrogen and oxygen atoms in total. The van der Waals surface area contributed by atoms with Crippen LogP contribution in [0.5, 0.6) is 0 Å². The van der Waals surface area contributed by atoms with E-state index in [1.54, 1.807) is 0 Å². The Balaban J connectivity index is 4.25. The van der Waals surface area contributed by atoms with Gasteiger partial charge in [-0.3, -0.25) is 0 Å². The van der Waals surface area contributed by atoms with Crippen LogP contribution >= 0.6 is 0 Å². The number of carboxylic acids is 2. The van der Waals surface area contributed by atoms with Gasteiger partial charge in [0, 0.05) is 0 Å². The molecule has 156 valence electrons. The molecule has 13 heteroatoms. The number of aliphatic carboxylic acids is 2. The molecule has 6 N–H and O–H groups in total. The van der Waals surface area contributed by atoms with Crippen molar-refractivity contribution in [1.29, 1.82) is 0 Å². The van der Waals surface area contributed by atoms with Crippen LogP contribution in [0.15, 0.2) is 0 Å². The molecular weight excluding hydrogens is 376 g/mol. The van der Waals surface area contributed by atoms with Crippen molar-refractivity contribution in [2.75, 3.05) is 13.2 Å². The van der Waals surface area contributed by atoms with Crippen LogP contribution in [0.2, 0.25) is 0 Å². The fourth-order valence-electron chi connectivity index (χ4n) is 1.46. The van der Waals surface area contributed by atoms with Crippen molar-refractivity contribution < 1.29 is 64.0 Å². The molecule has 0 aliphatic heterocycles. The number of esters is 2. The minimum atomic E-state index is -2.35. The van der Waals surface area contributed by atoms with E-state index in [0.717, 1.165) is 0 Å². The molecule has 27 heavy (non-hydrogen) atoms. The zero-order valence-electron chi connectivity index (χ0n) is 14.4. The van der Waals surface area contributed by atoms with Crippen LogP contribution < -0.4 is 0 Å². The first kappa shape index (κ1) is 24.7. The van der Waals surface area contributed by atoms with E-state index in [2.05, 4.69) is 9.47 Å². The Hall–Kier alpha value is -2.32. The fraction of sp³-hybridized carbons (Fsp3) is 0.714. The lowest BCUT2D eigenvalue weighted by Gasteiger charge is -2.20. The molecule has 0 aliphatic rings. The van der Waals surface area contributed by atoms with Crippen LogP contribution in [0.4, 0.5) is 0 Å². The highest BCUT2D eigenvalue weighted by Gasteiger charge is 2.33. The first-order chi connectivity index (χ1) is 12.4. The molecule has 0 spiro atoms. The number of ether oxygens (including phenoxy) is 3. The highest BCUT2D eigenvalue weighted by molar-refractivity contribution is 5.84. The maximum atomic E-state index is 11.4. The van der Waals surface area contributed by atoms with Gasteiger partial charge in [0.1, 0.15) is 12.7 Å². The van der Waals surface area contributed by atoms with E-state index < -0.39 is 67.1 Å². The summed E-state index contributed by atoms with van der Waals surface area (Å²) in [5.41, 5.74) is 0. The van der Waals surface area contributed by atoms with Crippen molar-refractivity contribution in [3.05, 3.63) is 0 Å². The number of rotatable bonds is 12. The number of carbonyl (C=O) groups is 4. The predicted molar refractivity (Wildman–Crippen MR) is 81.2 cm³/mol. The van der Waals surface area contributed by atoms with E-state index >= 15 is 0 Å². The molecule has 0 saturated carbocycles. The van der Waals surface area contributed by atoms with Gasteiger partial charge in [0.15, 0.2) is 24.4 Å². The summed E-state index contributed by atoms with van der Waals surface area (Å²) in [5.74, 6) is -6.39. The van der Waals surface area contributed by atoms with Gasteiger partial charge in [-0.15, -0.1) is 0 Å². The SMILES string of the molecule is CC(COC(=O)C(O)C(O)C(=O)O)OCC(C)OC(=O)C(O)C(O)C(=O)O. The number of aliphatic hydroxyl groups is 4. The summed E-state index contributed by atoms with van der Waals surface area (Å²) in [6, 6.07) is 0. The highest BCUT2D eigenvalue weighted by Crippen LogP contribution is 2.04. The smallest absolute Gasteiger partial charge is 0.338 e. The van der Waals surface area contributed by atoms with Crippen molar-refractivity contribution in [2.24, 2.45) is 0 Å². The number of hydrogen-bond acceptors (Lipinski definition) is 11. The van der Waals surface area contributed by atoms with E-state index in [1.165, 1.54) is 13.8 Å². The predicted octanol–water partition coefficient (Wildman–Crippen LogP) is -3.52. The second-order valence-electron chi connectivity index (χ2n) is 5.48. The second-order valence-corrected chi connectivity index (χ2v) is 5.48. The average Bonchev–Trinajstić information content (AvgIpc) is 2.61. The van der Waals surface area contributed by atoms with E-state index in [1.807, 2.05) is 0 Å². The van der Waals surface area contributed by atoms with Crippen molar-refractivity contribution in [1.82, 2.24) is 0 Å². The van der Waals surface area contributed by atoms with Crippen LogP contribution in [-0.2, 0) is 33.4 Å². The minimum absolute atomic E-state index is 0.263. The molecule has 6 unspecified atom stereocenters. The molecule has 0 aromatic carbocycles. The van der Waals surface area contributed by atoms with Gasteiger partial charge in [0.25, 0.3) is 0 Å². The van der Waals surface area contributed by atoms with Gasteiger partial charge in [-0.1, -0.05) is 0 Å². The van der Waals surface area contributed by atoms with Crippen molar-refractivity contribution >= 4 is 23.9 Å². The normalized spacial score (nSPS) is 17.7. The summed E-state index contributed by atoms with van der Waals surface area (Å²) in [6.45, 7) is 2.07. The highest BCUT2D eigenvalue weighted by atomic mass is 16.6. The molecule has 0 rings (SSSR count). The minimum Gasteiger partial charge on any atom is -0.479 e. The Morgan fingerprint density at radius 2 is 1.15 bits per heavy atom. The molecular formula is C14H22O13. The van der Waals surface area contributed by atoms with Crippen LogP contribution in [0.3, 0.4) is 0 Å². The van der Waals surface area contributed by atoms with Gasteiger partial charge in [-0.05, 0) is 13.8 Å². The lowest BCUT2D eigenvalue weighted by atomic mass is 10.2. The van der Waals surface area contributed by atoms with E-state index in [0.29, 0.717) is 0 Å². The maximum absolute atomic E-state index is 11.4. The summed E-state index contributed by atoms with van der Waals surface area (Å²) in [7, 11) is 0. The van der Waals surface area contributed by atoms with E-state index in [-0.39, 0.29) is 6.61 Å². The molecule has 0 amide bonds. The molecule has 0 heterocycles. The second kappa shape index (κ2) is 11.4. The topological polar surface area (TPSA) is 217 Å². The van der Waals surface area contributed by atoms with Gasteiger partial charge in [0.05, 0.1) is 12.7 Å². The Bertz CT molecular complexity index is 533. The molecule has 0 aliphatic carbocycles. The quantitative estimate of drug-likeness (QED) is 0.176. The van der Waals surface area contributed by atoms with Crippen molar-refractivity contribution in [2.45, 2.75) is 50.5 Å². The Morgan fingerprint density at radius 3 is 1.59 bits per heavy atom. The first-order valence-electron chi connectivity index (χ1n) is 7.55. The molecule has 0 radical (unpaired) electrons. The largest absolute Gasteiger partial charge is 0.479 e. The molecule has 6 atom stereocenters. The third-order valence-corrected chi connectivity index (χ3v) is 2.98. The third-order valence-electron chi connectivity index (χ3n) is 2.98. The third kappa shape index (κ3) is 8.74. The summed E-state index contributed by atoms with van der Waals surface area (Å²) < 4.78 is 14.4. The standard InChI is InChI=1S/C14H22O13/c1-5(3-26-13(23)9(17)7(15)11(19)20)25-4-6(2)27-14(24)10(18)8(16)12(21)22/h5-10,15-18H,3-4H2,1-2H3,(H,19,20)(H,21,22). The van der Waals surface area contributed by atoms with Crippen LogP contribution in [0.25, 0.3) is 0 Å². The Labute approximate surface area is 152 Å². The van der Waals surface area contributed by atoms with E-state index in [9.17, 15) is 29.4 Å². The van der Waals surface area contributed by atoms with Gasteiger partial charge in [0.2, 0.25) is 0 Å². The summed E-state index contributed by atoms with van der Waals surface area (Å²) in [5, 5.41) is 53.5. The molecule has 0 aromatic heterocycles. The fourth-order valence-corrected chi connectivity index (χ4v) is 1.46. The summed E-state index contributed by atoms with van der Waals surface area (Å²) >= 11 is 0. The van der Waals surface area contributed by atoms with Crippen molar-refractivity contribution in [3.8, 4) is 0 Å². The lowest BCUT2D eigenvalue weighted by Crippen LogP contribution is -2.42. The molecule has 0 fully saturated rings. The Kier molecular flexibility index (Phi) is 10.4. The van der Waals surface area contributed by atoms with Crippen LogP contribution in [0, 0.1) is 0 Å². The van der Waals surface area contributed by atoms with Gasteiger partial charge in [-0.2, -0.15) is 0 Å². The van der Waals surface area contributed by atoms with Gasteiger partial charge < -0.3 is 44.8 Å². The van der Waals surface area contributed by atoms with Crippen LogP contribution in [-0.4, -0.2) is 104 Å².